The second-order valence-electron chi connectivity index (χ2n) is 9.71. The first-order valence-electron chi connectivity index (χ1n) is 11.8. The Labute approximate surface area is 189 Å². The first kappa shape index (κ1) is 27.0. The lowest BCUT2D eigenvalue weighted by Crippen LogP contribution is -2.53. The summed E-state index contributed by atoms with van der Waals surface area (Å²) in [6, 6.07) is 0.182. The molecule has 31 heavy (non-hydrogen) atoms. The van der Waals surface area contributed by atoms with Crippen molar-refractivity contribution >= 4 is 18.0 Å². The van der Waals surface area contributed by atoms with E-state index in [1.807, 2.05) is 25.7 Å². The number of rotatable bonds is 8. The predicted octanol–water partition coefficient (Wildman–Crippen LogP) is 3.13. The Balaban J connectivity index is 2.51. The van der Waals surface area contributed by atoms with E-state index in [-0.39, 0.29) is 23.9 Å². The highest BCUT2D eigenvalue weighted by Crippen LogP contribution is 2.17. The van der Waals surface area contributed by atoms with Crippen LogP contribution in [0.5, 0.6) is 0 Å². The van der Waals surface area contributed by atoms with Gasteiger partial charge in [-0.25, -0.2) is 4.79 Å². The fraction of sp³-hybridized carbons (Fsp3) is 0.870. The van der Waals surface area contributed by atoms with Crippen molar-refractivity contribution in [2.45, 2.75) is 91.8 Å². The molecule has 1 rings (SSSR count). The van der Waals surface area contributed by atoms with Crippen LogP contribution in [0.3, 0.4) is 0 Å². The lowest BCUT2D eigenvalue weighted by atomic mass is 9.98. The van der Waals surface area contributed by atoms with Crippen molar-refractivity contribution in [3.63, 3.8) is 0 Å². The Kier molecular flexibility index (Phi) is 11.1. The first-order chi connectivity index (χ1) is 14.5. The molecule has 0 aromatic rings. The molecule has 0 aromatic heterocycles. The van der Waals surface area contributed by atoms with Gasteiger partial charge in [0.1, 0.15) is 5.60 Å². The zero-order chi connectivity index (χ0) is 23.6. The minimum absolute atomic E-state index is 0.0899. The summed E-state index contributed by atoms with van der Waals surface area (Å²) in [6.07, 6.45) is 3.19. The normalized spacial score (nSPS) is 17.0. The maximum Gasteiger partial charge on any atom is 0.407 e. The van der Waals surface area contributed by atoms with Gasteiger partial charge in [0.2, 0.25) is 5.91 Å². The second-order valence-corrected chi connectivity index (χ2v) is 9.71. The highest BCUT2D eigenvalue weighted by molar-refractivity contribution is 5.80. The summed E-state index contributed by atoms with van der Waals surface area (Å²) in [6.45, 7) is 15.9. The molecule has 2 amide bonds. The van der Waals surface area contributed by atoms with E-state index < -0.39 is 11.7 Å². The molecular formula is C23H45N5O3. The van der Waals surface area contributed by atoms with Gasteiger partial charge in [-0.2, -0.15) is 0 Å². The van der Waals surface area contributed by atoms with Crippen LogP contribution in [0.25, 0.3) is 0 Å². The molecule has 0 saturated carbocycles. The molecule has 1 heterocycles. The van der Waals surface area contributed by atoms with E-state index in [2.05, 4.69) is 48.6 Å². The van der Waals surface area contributed by atoms with Crippen molar-refractivity contribution < 1.29 is 14.3 Å². The summed E-state index contributed by atoms with van der Waals surface area (Å²) in [5.74, 6) is 1.38. The number of nitrogens with one attached hydrogen (secondary N) is 3. The van der Waals surface area contributed by atoms with Gasteiger partial charge in [0, 0.05) is 38.6 Å². The smallest absolute Gasteiger partial charge is 0.407 e. The largest absolute Gasteiger partial charge is 0.444 e. The number of aliphatic imine (C=N–C) groups is 1. The summed E-state index contributed by atoms with van der Waals surface area (Å²) in [5, 5.41) is 9.74. The molecule has 0 spiro atoms. The van der Waals surface area contributed by atoms with Gasteiger partial charge in [-0.05, 0) is 52.4 Å². The Bertz CT molecular complexity index is 589. The molecule has 1 fully saturated rings. The molecule has 3 N–H and O–H groups in total. The van der Waals surface area contributed by atoms with Crippen molar-refractivity contribution in [2.75, 3.05) is 26.7 Å². The molecule has 8 nitrogen and oxygen atoms in total. The summed E-state index contributed by atoms with van der Waals surface area (Å²) < 4.78 is 5.38. The molecule has 1 aliphatic heterocycles. The number of ether oxygens (including phenoxy) is 1. The maximum atomic E-state index is 12.6. The third-order valence-corrected chi connectivity index (χ3v) is 5.70. The van der Waals surface area contributed by atoms with Crippen LogP contribution < -0.4 is 16.0 Å². The van der Waals surface area contributed by atoms with E-state index in [1.54, 1.807) is 7.05 Å². The van der Waals surface area contributed by atoms with Gasteiger partial charge < -0.3 is 25.6 Å². The third-order valence-electron chi connectivity index (χ3n) is 5.70. The van der Waals surface area contributed by atoms with Gasteiger partial charge in [0.25, 0.3) is 0 Å². The number of nitrogens with zero attached hydrogens (tertiary/aromatic N) is 2. The predicted molar refractivity (Wildman–Crippen MR) is 126 cm³/mol. The average molecular weight is 440 g/mol. The van der Waals surface area contributed by atoms with E-state index in [0.29, 0.717) is 18.4 Å². The Hall–Kier alpha value is -1.99. The third kappa shape index (κ3) is 9.78. The summed E-state index contributed by atoms with van der Waals surface area (Å²) in [7, 11) is 1.74. The standard InChI is InChI=1S/C23H45N5O3/c1-9-17(10-2)20(29)28-13-11-18(12-14-28)26-21(24-8)25-15-19(16(3)4)27-22(30)31-23(5,6)7/h16-19H,9-15H2,1-8H3,(H,27,30)(H2,24,25,26). The number of alkyl carbamates (subject to hydrolysis) is 1. The molecule has 8 heteroatoms. The monoisotopic (exact) mass is 439 g/mol. The average Bonchev–Trinajstić information content (AvgIpc) is 2.69. The van der Waals surface area contributed by atoms with E-state index in [1.165, 1.54) is 0 Å². The summed E-state index contributed by atoms with van der Waals surface area (Å²) >= 11 is 0. The van der Waals surface area contributed by atoms with Gasteiger partial charge in [-0.3, -0.25) is 9.79 Å². The number of carbonyl (C=O) groups is 2. The lowest BCUT2D eigenvalue weighted by Gasteiger charge is -2.35. The van der Waals surface area contributed by atoms with Crippen LogP contribution >= 0.6 is 0 Å². The van der Waals surface area contributed by atoms with Crippen LogP contribution in [-0.2, 0) is 9.53 Å². The minimum atomic E-state index is -0.527. The van der Waals surface area contributed by atoms with E-state index in [9.17, 15) is 9.59 Å². The van der Waals surface area contributed by atoms with Crippen molar-refractivity contribution in [2.24, 2.45) is 16.8 Å². The van der Waals surface area contributed by atoms with Crippen molar-refractivity contribution in [3.8, 4) is 0 Å². The molecule has 0 radical (unpaired) electrons. The van der Waals surface area contributed by atoms with Crippen molar-refractivity contribution in [1.29, 1.82) is 0 Å². The number of carbonyl (C=O) groups excluding carboxylic acids is 2. The quantitative estimate of drug-likeness (QED) is 0.399. The lowest BCUT2D eigenvalue weighted by molar-refractivity contribution is -0.136. The Morgan fingerprint density at radius 2 is 1.71 bits per heavy atom. The van der Waals surface area contributed by atoms with Gasteiger partial charge in [-0.1, -0.05) is 27.7 Å². The van der Waals surface area contributed by atoms with Gasteiger partial charge in [-0.15, -0.1) is 0 Å². The molecule has 0 bridgehead atoms. The Morgan fingerprint density at radius 1 is 1.13 bits per heavy atom. The van der Waals surface area contributed by atoms with Crippen LogP contribution in [-0.4, -0.2) is 67.2 Å². The van der Waals surface area contributed by atoms with Crippen LogP contribution in [0.1, 0.15) is 74.1 Å². The van der Waals surface area contributed by atoms with Crippen LogP contribution in [0, 0.1) is 11.8 Å². The fourth-order valence-electron chi connectivity index (χ4n) is 3.65. The number of hydrogen-bond acceptors (Lipinski definition) is 4. The van der Waals surface area contributed by atoms with Crippen LogP contribution in [0.4, 0.5) is 4.79 Å². The van der Waals surface area contributed by atoms with Crippen LogP contribution in [0.15, 0.2) is 4.99 Å². The van der Waals surface area contributed by atoms with Gasteiger partial charge in [0.05, 0.1) is 6.04 Å². The highest BCUT2D eigenvalue weighted by atomic mass is 16.6. The number of guanidine groups is 1. The molecule has 1 aliphatic rings. The van der Waals surface area contributed by atoms with Gasteiger partial charge in [0.15, 0.2) is 5.96 Å². The van der Waals surface area contributed by atoms with E-state index in [0.717, 1.165) is 38.8 Å². The van der Waals surface area contributed by atoms with Crippen LogP contribution in [0.2, 0.25) is 0 Å². The summed E-state index contributed by atoms with van der Waals surface area (Å²) in [5.41, 5.74) is -0.527. The first-order valence-corrected chi connectivity index (χ1v) is 11.8. The number of hydrogen-bond donors (Lipinski definition) is 3. The molecule has 1 atom stereocenters. The highest BCUT2D eigenvalue weighted by Gasteiger charge is 2.27. The minimum Gasteiger partial charge on any atom is -0.444 e. The topological polar surface area (TPSA) is 95.1 Å². The number of piperidine rings is 1. The van der Waals surface area contributed by atoms with E-state index in [4.69, 9.17) is 4.74 Å². The van der Waals surface area contributed by atoms with Gasteiger partial charge >= 0.3 is 6.09 Å². The molecule has 1 saturated heterocycles. The number of amides is 2. The summed E-state index contributed by atoms with van der Waals surface area (Å²) in [4.78, 5) is 31.1. The molecule has 1 unspecified atom stereocenters. The van der Waals surface area contributed by atoms with Crippen molar-refractivity contribution in [1.82, 2.24) is 20.9 Å². The number of likely N-dealkylation sites (tertiary alicyclic amines) is 1. The Morgan fingerprint density at radius 3 is 2.16 bits per heavy atom. The SMILES string of the molecule is CCC(CC)C(=O)N1CCC(NC(=NC)NCC(NC(=O)OC(C)(C)C)C(C)C)CC1. The van der Waals surface area contributed by atoms with E-state index >= 15 is 0 Å². The molecule has 0 aliphatic carbocycles. The zero-order valence-corrected chi connectivity index (χ0v) is 20.9. The van der Waals surface area contributed by atoms with Crippen molar-refractivity contribution in [3.05, 3.63) is 0 Å². The molecular weight excluding hydrogens is 394 g/mol. The zero-order valence-electron chi connectivity index (χ0n) is 20.9. The second kappa shape index (κ2) is 12.8. The molecule has 0 aromatic carbocycles. The fourth-order valence-corrected chi connectivity index (χ4v) is 3.65. The molecule has 180 valence electrons. The maximum absolute atomic E-state index is 12.6.